The summed E-state index contributed by atoms with van der Waals surface area (Å²) in [6.07, 6.45) is 5.90. The van der Waals surface area contributed by atoms with E-state index in [1.807, 2.05) is 62.4 Å². The molecule has 2 N–H and O–H groups in total. The van der Waals surface area contributed by atoms with Gasteiger partial charge in [-0.05, 0) is 61.6 Å². The predicted molar refractivity (Wildman–Crippen MR) is 123 cm³/mol. The molecule has 2 amide bonds. The molecule has 0 spiro atoms. The maximum absolute atomic E-state index is 13.4. The summed E-state index contributed by atoms with van der Waals surface area (Å²) in [5, 5.41) is 6.13. The summed E-state index contributed by atoms with van der Waals surface area (Å²) in [6.45, 7) is 4.48. The molecule has 1 fully saturated rings. The minimum absolute atomic E-state index is 0.0643. The van der Waals surface area contributed by atoms with Gasteiger partial charge in [-0.3, -0.25) is 9.59 Å². The molecule has 1 atom stereocenters. The second-order valence-corrected chi connectivity index (χ2v) is 8.53. The highest BCUT2D eigenvalue weighted by molar-refractivity contribution is 5.94. The van der Waals surface area contributed by atoms with Crippen molar-refractivity contribution in [3.05, 3.63) is 65.2 Å². The van der Waals surface area contributed by atoms with E-state index in [-0.39, 0.29) is 17.9 Å². The van der Waals surface area contributed by atoms with Crippen molar-refractivity contribution in [3.8, 4) is 5.75 Å². The monoisotopic (exact) mass is 422 g/mol. The zero-order chi connectivity index (χ0) is 22.3. The van der Waals surface area contributed by atoms with Gasteiger partial charge in [0.05, 0.1) is 12.5 Å². The van der Waals surface area contributed by atoms with Gasteiger partial charge >= 0.3 is 0 Å². The molecule has 1 aliphatic rings. The third-order valence-corrected chi connectivity index (χ3v) is 6.44. The Balaban J connectivity index is 1.67. The Bertz CT molecular complexity index is 869. The molecule has 0 radical (unpaired) electrons. The molecule has 3 rings (SSSR count). The highest BCUT2D eigenvalue weighted by atomic mass is 16.5. The molecule has 5 nitrogen and oxygen atoms in total. The molecule has 31 heavy (non-hydrogen) atoms. The van der Waals surface area contributed by atoms with Crippen molar-refractivity contribution < 1.29 is 14.3 Å². The first-order valence-corrected chi connectivity index (χ1v) is 11.3. The zero-order valence-electron chi connectivity index (χ0n) is 18.9. The van der Waals surface area contributed by atoms with Crippen molar-refractivity contribution in [1.29, 1.82) is 0 Å². The fourth-order valence-electron chi connectivity index (χ4n) is 4.25. The quantitative estimate of drug-likeness (QED) is 0.646. The second-order valence-electron chi connectivity index (χ2n) is 8.53. The third-order valence-electron chi connectivity index (χ3n) is 6.44. The summed E-state index contributed by atoms with van der Waals surface area (Å²) < 4.78 is 5.28. The Kier molecular flexibility index (Phi) is 7.72. The van der Waals surface area contributed by atoms with Gasteiger partial charge in [-0.25, -0.2) is 0 Å². The standard InChI is InChI=1S/C26H34N2O3/c1-4-19(2)28-24(29)21-10-8-20(9-11-21)18-27-25(30)26(16-6-5-7-17-26)22-12-14-23(31-3)15-13-22/h8-15,19H,4-7,16-18H2,1-3H3,(H,27,30)(H,28,29)/t19-/m0/s1. The molecule has 1 aliphatic carbocycles. The molecule has 2 aromatic carbocycles. The first-order chi connectivity index (χ1) is 15.0. The van der Waals surface area contributed by atoms with E-state index in [9.17, 15) is 9.59 Å². The van der Waals surface area contributed by atoms with Crippen LogP contribution in [0.2, 0.25) is 0 Å². The maximum Gasteiger partial charge on any atom is 0.251 e. The Labute approximate surface area is 185 Å². The fourth-order valence-corrected chi connectivity index (χ4v) is 4.25. The molecular weight excluding hydrogens is 388 g/mol. The molecule has 0 aromatic heterocycles. The summed E-state index contributed by atoms with van der Waals surface area (Å²) in [5.41, 5.74) is 2.19. The van der Waals surface area contributed by atoms with Gasteiger partial charge in [0.25, 0.3) is 5.91 Å². The molecule has 2 aromatic rings. The number of hydrogen-bond acceptors (Lipinski definition) is 3. The van der Waals surface area contributed by atoms with Crippen molar-refractivity contribution in [3.63, 3.8) is 0 Å². The van der Waals surface area contributed by atoms with Crippen molar-refractivity contribution in [2.45, 2.75) is 70.4 Å². The topological polar surface area (TPSA) is 67.4 Å². The molecule has 0 aliphatic heterocycles. The van der Waals surface area contributed by atoms with E-state index in [4.69, 9.17) is 4.74 Å². The molecule has 166 valence electrons. The number of amides is 2. The Hall–Kier alpha value is -2.82. The van der Waals surface area contributed by atoms with Crippen molar-refractivity contribution in [2.24, 2.45) is 0 Å². The van der Waals surface area contributed by atoms with Crippen LogP contribution in [0.4, 0.5) is 0 Å². The van der Waals surface area contributed by atoms with Crippen LogP contribution in [0.3, 0.4) is 0 Å². The summed E-state index contributed by atoms with van der Waals surface area (Å²) in [4.78, 5) is 25.6. The predicted octanol–water partition coefficient (Wildman–Crippen LogP) is 4.74. The van der Waals surface area contributed by atoms with Crippen LogP contribution in [0.5, 0.6) is 5.75 Å². The molecule has 0 heterocycles. The minimum Gasteiger partial charge on any atom is -0.497 e. The molecule has 0 saturated heterocycles. The van der Waals surface area contributed by atoms with Gasteiger partial charge in [0.1, 0.15) is 5.75 Å². The second kappa shape index (κ2) is 10.5. The van der Waals surface area contributed by atoms with Crippen LogP contribution in [0.15, 0.2) is 48.5 Å². The number of rotatable bonds is 8. The van der Waals surface area contributed by atoms with Crippen LogP contribution in [0, 0.1) is 0 Å². The van der Waals surface area contributed by atoms with E-state index >= 15 is 0 Å². The summed E-state index contributed by atoms with van der Waals surface area (Å²) in [5.74, 6) is 0.814. The highest BCUT2D eigenvalue weighted by Gasteiger charge is 2.40. The first kappa shape index (κ1) is 22.9. The van der Waals surface area contributed by atoms with E-state index < -0.39 is 5.41 Å². The number of carbonyl (C=O) groups excluding carboxylic acids is 2. The van der Waals surface area contributed by atoms with Gasteiger partial charge < -0.3 is 15.4 Å². The lowest BCUT2D eigenvalue weighted by Gasteiger charge is -2.36. The van der Waals surface area contributed by atoms with E-state index in [0.717, 1.165) is 49.0 Å². The number of carbonyl (C=O) groups is 2. The lowest BCUT2D eigenvalue weighted by molar-refractivity contribution is -0.128. The maximum atomic E-state index is 13.4. The Morgan fingerprint density at radius 2 is 1.65 bits per heavy atom. The Morgan fingerprint density at radius 1 is 1.00 bits per heavy atom. The van der Waals surface area contributed by atoms with Crippen LogP contribution in [-0.4, -0.2) is 25.0 Å². The van der Waals surface area contributed by atoms with Crippen LogP contribution in [0.1, 0.15) is 73.9 Å². The van der Waals surface area contributed by atoms with Crippen LogP contribution >= 0.6 is 0 Å². The van der Waals surface area contributed by atoms with E-state index in [1.54, 1.807) is 7.11 Å². The van der Waals surface area contributed by atoms with Gasteiger partial charge in [0, 0.05) is 18.2 Å². The van der Waals surface area contributed by atoms with Crippen molar-refractivity contribution in [2.75, 3.05) is 7.11 Å². The third kappa shape index (κ3) is 5.46. The summed E-state index contributed by atoms with van der Waals surface area (Å²) in [7, 11) is 1.65. The molecule has 0 unspecified atom stereocenters. The largest absolute Gasteiger partial charge is 0.497 e. The Morgan fingerprint density at radius 3 is 2.23 bits per heavy atom. The minimum atomic E-state index is -0.485. The number of ether oxygens (including phenoxy) is 1. The average Bonchev–Trinajstić information content (AvgIpc) is 2.83. The van der Waals surface area contributed by atoms with E-state index in [1.165, 1.54) is 6.42 Å². The summed E-state index contributed by atoms with van der Waals surface area (Å²) in [6, 6.07) is 15.5. The van der Waals surface area contributed by atoms with Gasteiger partial charge in [-0.1, -0.05) is 50.5 Å². The van der Waals surface area contributed by atoms with E-state index in [2.05, 4.69) is 10.6 Å². The van der Waals surface area contributed by atoms with Gasteiger partial charge in [0.2, 0.25) is 5.91 Å². The SMILES string of the molecule is CC[C@H](C)NC(=O)c1ccc(CNC(=O)C2(c3ccc(OC)cc3)CCCCC2)cc1. The van der Waals surface area contributed by atoms with Gasteiger partial charge in [-0.2, -0.15) is 0 Å². The van der Waals surface area contributed by atoms with E-state index in [0.29, 0.717) is 12.1 Å². The summed E-state index contributed by atoms with van der Waals surface area (Å²) >= 11 is 0. The number of nitrogens with one attached hydrogen (secondary N) is 2. The molecule has 5 heteroatoms. The van der Waals surface area contributed by atoms with Crippen molar-refractivity contribution in [1.82, 2.24) is 10.6 Å². The lowest BCUT2D eigenvalue weighted by Crippen LogP contribution is -2.45. The van der Waals surface area contributed by atoms with Crippen LogP contribution in [0.25, 0.3) is 0 Å². The lowest BCUT2D eigenvalue weighted by atomic mass is 9.68. The smallest absolute Gasteiger partial charge is 0.251 e. The molecule has 1 saturated carbocycles. The average molecular weight is 423 g/mol. The first-order valence-electron chi connectivity index (χ1n) is 11.3. The number of benzene rings is 2. The van der Waals surface area contributed by atoms with Crippen LogP contribution in [-0.2, 0) is 16.8 Å². The van der Waals surface area contributed by atoms with Gasteiger partial charge in [-0.15, -0.1) is 0 Å². The molecule has 0 bridgehead atoms. The molecular formula is C26H34N2O3. The van der Waals surface area contributed by atoms with Crippen LogP contribution < -0.4 is 15.4 Å². The zero-order valence-corrected chi connectivity index (χ0v) is 18.9. The highest BCUT2D eigenvalue weighted by Crippen LogP contribution is 2.40. The normalized spacial score (nSPS) is 16.2. The van der Waals surface area contributed by atoms with Gasteiger partial charge in [0.15, 0.2) is 0 Å². The fraction of sp³-hybridized carbons (Fsp3) is 0.462. The van der Waals surface area contributed by atoms with Crippen molar-refractivity contribution >= 4 is 11.8 Å². The number of methoxy groups -OCH3 is 1. The number of hydrogen-bond donors (Lipinski definition) is 2.